The van der Waals surface area contributed by atoms with E-state index in [4.69, 9.17) is 0 Å². The summed E-state index contributed by atoms with van der Waals surface area (Å²) in [5.41, 5.74) is 1.37. The van der Waals surface area contributed by atoms with Gasteiger partial charge in [0.2, 0.25) is 0 Å². The van der Waals surface area contributed by atoms with E-state index in [2.05, 4.69) is 60.4 Å². The summed E-state index contributed by atoms with van der Waals surface area (Å²) in [5, 5.41) is 5.74. The third-order valence-electron chi connectivity index (χ3n) is 2.04. The number of thiophene rings is 1. The third kappa shape index (κ3) is 6.28. The van der Waals surface area contributed by atoms with Crippen LogP contribution in [0.2, 0.25) is 0 Å². The van der Waals surface area contributed by atoms with E-state index in [0.717, 1.165) is 12.3 Å². The average molecular weight is 322 g/mol. The topological polar surface area (TPSA) is 12.0 Å². The molecule has 1 nitrogen and oxygen atoms in total. The highest BCUT2D eigenvalue weighted by atomic mass is 79.9. The van der Waals surface area contributed by atoms with E-state index in [9.17, 15) is 0 Å². The lowest BCUT2D eigenvalue weighted by Crippen LogP contribution is -2.29. The first-order valence-electron chi connectivity index (χ1n) is 5.47. The smallest absolute Gasteiger partial charge is 0.0701 e. The Morgan fingerprint density at radius 3 is 2.69 bits per heavy atom. The first-order valence-corrected chi connectivity index (χ1v) is 8.13. The van der Waals surface area contributed by atoms with Crippen LogP contribution in [0.1, 0.15) is 33.3 Å². The van der Waals surface area contributed by atoms with Crippen LogP contribution in [-0.4, -0.2) is 16.5 Å². The minimum Gasteiger partial charge on any atom is -0.309 e. The Morgan fingerprint density at radius 2 is 2.19 bits per heavy atom. The van der Waals surface area contributed by atoms with Gasteiger partial charge >= 0.3 is 0 Å². The third-order valence-corrected chi connectivity index (χ3v) is 5.13. The molecular weight excluding hydrogens is 302 g/mol. The standard InChI is InChI=1S/C12H20BrNS2/c1-9(7-16-12(2,3)4)14-6-10-5-11(13)15-8-10/h5,8-9,14H,6-7H2,1-4H3. The van der Waals surface area contributed by atoms with E-state index in [-0.39, 0.29) is 0 Å². The van der Waals surface area contributed by atoms with Crippen molar-refractivity contribution in [1.82, 2.24) is 5.32 Å². The molecule has 4 heteroatoms. The van der Waals surface area contributed by atoms with Gasteiger partial charge in [0.1, 0.15) is 0 Å². The van der Waals surface area contributed by atoms with Crippen molar-refractivity contribution < 1.29 is 0 Å². The van der Waals surface area contributed by atoms with Gasteiger partial charge < -0.3 is 5.32 Å². The van der Waals surface area contributed by atoms with Gasteiger partial charge in [-0.15, -0.1) is 11.3 Å². The number of thioether (sulfide) groups is 1. The molecule has 1 aromatic heterocycles. The highest BCUT2D eigenvalue weighted by Gasteiger charge is 2.12. The maximum absolute atomic E-state index is 3.55. The second-order valence-electron chi connectivity index (χ2n) is 4.96. The molecule has 1 atom stereocenters. The molecule has 1 N–H and O–H groups in total. The van der Waals surface area contributed by atoms with E-state index in [1.165, 1.54) is 9.35 Å². The number of hydrogen-bond donors (Lipinski definition) is 1. The van der Waals surface area contributed by atoms with Gasteiger partial charge in [-0.05, 0) is 39.9 Å². The highest BCUT2D eigenvalue weighted by Crippen LogP contribution is 2.24. The van der Waals surface area contributed by atoms with Gasteiger partial charge in [0.25, 0.3) is 0 Å². The van der Waals surface area contributed by atoms with Crippen molar-refractivity contribution in [3.8, 4) is 0 Å². The molecule has 0 saturated carbocycles. The molecule has 1 heterocycles. The molecule has 0 spiro atoms. The van der Waals surface area contributed by atoms with Crippen LogP contribution in [0.25, 0.3) is 0 Å². The molecule has 0 fully saturated rings. The van der Waals surface area contributed by atoms with Crippen LogP contribution in [0.15, 0.2) is 15.2 Å². The van der Waals surface area contributed by atoms with Crippen LogP contribution in [0.4, 0.5) is 0 Å². The van der Waals surface area contributed by atoms with E-state index in [0.29, 0.717) is 10.8 Å². The Morgan fingerprint density at radius 1 is 1.50 bits per heavy atom. The summed E-state index contributed by atoms with van der Waals surface area (Å²) < 4.78 is 1.57. The highest BCUT2D eigenvalue weighted by molar-refractivity contribution is 9.11. The van der Waals surface area contributed by atoms with Crippen molar-refractivity contribution in [2.75, 3.05) is 5.75 Å². The van der Waals surface area contributed by atoms with Crippen LogP contribution in [0.3, 0.4) is 0 Å². The minimum absolute atomic E-state index is 0.362. The molecule has 0 radical (unpaired) electrons. The quantitative estimate of drug-likeness (QED) is 0.855. The molecule has 1 unspecified atom stereocenters. The summed E-state index contributed by atoms with van der Waals surface area (Å²) in [6.07, 6.45) is 0. The maximum atomic E-state index is 3.55. The molecule has 0 amide bonds. The van der Waals surface area contributed by atoms with Crippen LogP contribution in [-0.2, 0) is 6.54 Å². The molecule has 0 saturated heterocycles. The molecule has 0 aliphatic rings. The number of halogens is 1. The first-order chi connectivity index (χ1) is 7.37. The van der Waals surface area contributed by atoms with Crippen molar-refractivity contribution >= 4 is 39.0 Å². The summed E-state index contributed by atoms with van der Waals surface area (Å²) in [6, 6.07) is 2.74. The number of rotatable bonds is 5. The van der Waals surface area contributed by atoms with E-state index in [1.807, 2.05) is 11.8 Å². The zero-order valence-corrected chi connectivity index (χ0v) is 13.6. The van der Waals surface area contributed by atoms with Crippen molar-refractivity contribution in [3.63, 3.8) is 0 Å². The van der Waals surface area contributed by atoms with E-state index in [1.54, 1.807) is 11.3 Å². The van der Waals surface area contributed by atoms with Crippen LogP contribution in [0, 0.1) is 0 Å². The molecule has 1 rings (SSSR count). The molecule has 92 valence electrons. The van der Waals surface area contributed by atoms with Gasteiger partial charge in [0, 0.05) is 23.1 Å². The van der Waals surface area contributed by atoms with Crippen molar-refractivity contribution in [2.45, 2.75) is 45.0 Å². The Labute approximate surface area is 116 Å². The summed E-state index contributed by atoms with van der Waals surface area (Å²) in [7, 11) is 0. The minimum atomic E-state index is 0.362. The second kappa shape index (κ2) is 6.43. The van der Waals surface area contributed by atoms with Gasteiger partial charge in [-0.2, -0.15) is 11.8 Å². The van der Waals surface area contributed by atoms with Crippen LogP contribution >= 0.6 is 39.0 Å². The van der Waals surface area contributed by atoms with Crippen molar-refractivity contribution in [2.24, 2.45) is 0 Å². The zero-order chi connectivity index (χ0) is 12.2. The summed E-state index contributed by atoms with van der Waals surface area (Å²) >= 11 is 7.24. The Balaban J connectivity index is 2.22. The van der Waals surface area contributed by atoms with Gasteiger partial charge in [-0.3, -0.25) is 0 Å². The molecular formula is C12H20BrNS2. The van der Waals surface area contributed by atoms with E-state index >= 15 is 0 Å². The van der Waals surface area contributed by atoms with Crippen molar-refractivity contribution in [3.05, 3.63) is 20.8 Å². The molecule has 1 aromatic rings. The lowest BCUT2D eigenvalue weighted by Gasteiger charge is -2.21. The number of nitrogens with one attached hydrogen (secondary N) is 1. The predicted molar refractivity (Wildman–Crippen MR) is 80.5 cm³/mol. The summed E-state index contributed by atoms with van der Waals surface area (Å²) in [6.45, 7) is 10.0. The van der Waals surface area contributed by atoms with Crippen LogP contribution in [0.5, 0.6) is 0 Å². The largest absolute Gasteiger partial charge is 0.309 e. The van der Waals surface area contributed by atoms with Crippen molar-refractivity contribution in [1.29, 1.82) is 0 Å². The molecule has 0 aliphatic heterocycles. The lowest BCUT2D eigenvalue weighted by atomic mass is 10.3. The van der Waals surface area contributed by atoms with Gasteiger partial charge in [-0.1, -0.05) is 20.8 Å². The first kappa shape index (κ1) is 14.6. The molecule has 0 bridgehead atoms. The molecule has 0 aromatic carbocycles. The second-order valence-corrected chi connectivity index (χ2v) is 9.10. The average Bonchev–Trinajstić information content (AvgIpc) is 2.57. The zero-order valence-electron chi connectivity index (χ0n) is 10.3. The fourth-order valence-electron chi connectivity index (χ4n) is 1.16. The van der Waals surface area contributed by atoms with Gasteiger partial charge in [0.05, 0.1) is 3.79 Å². The molecule has 16 heavy (non-hydrogen) atoms. The Bertz CT molecular complexity index is 317. The Kier molecular flexibility index (Phi) is 5.85. The SMILES string of the molecule is CC(CSC(C)(C)C)NCc1csc(Br)c1. The molecule has 0 aliphatic carbocycles. The fourth-order valence-corrected chi connectivity index (χ4v) is 3.24. The normalized spacial score (nSPS) is 14.1. The predicted octanol–water partition coefficient (Wildman–Crippen LogP) is 4.52. The Hall–Kier alpha value is 0.490. The summed E-state index contributed by atoms with van der Waals surface area (Å²) in [4.78, 5) is 0. The monoisotopic (exact) mass is 321 g/mol. The summed E-state index contributed by atoms with van der Waals surface area (Å²) in [5.74, 6) is 1.16. The van der Waals surface area contributed by atoms with Crippen LogP contribution < -0.4 is 5.32 Å². The van der Waals surface area contributed by atoms with Gasteiger partial charge in [0.15, 0.2) is 0 Å². The maximum Gasteiger partial charge on any atom is 0.0701 e. The van der Waals surface area contributed by atoms with E-state index < -0.39 is 0 Å². The lowest BCUT2D eigenvalue weighted by molar-refractivity contribution is 0.594. The fraction of sp³-hybridized carbons (Fsp3) is 0.667. The van der Waals surface area contributed by atoms with Gasteiger partial charge in [-0.25, -0.2) is 0 Å². The number of hydrogen-bond acceptors (Lipinski definition) is 3.